The molecule has 4 aromatic rings. The topological polar surface area (TPSA) is 17.8 Å². The minimum Gasteiger partial charge on any atom is -0.342 e. The van der Waals surface area contributed by atoms with E-state index in [0.717, 1.165) is 0 Å². The Morgan fingerprint density at radius 1 is 1.12 bits per heavy atom. The van der Waals surface area contributed by atoms with Gasteiger partial charge in [-0.05, 0) is 22.9 Å². The molecular weight excluding hydrogens is 228 g/mol. The maximum atomic E-state index is 4.23. The lowest BCUT2D eigenvalue weighted by atomic mass is 10.1. The molecule has 0 N–H and O–H groups in total. The van der Waals surface area contributed by atoms with Gasteiger partial charge in [0.2, 0.25) is 0 Å². The number of aryl methyl sites for hydroxylation is 1. The van der Waals surface area contributed by atoms with Crippen LogP contribution in [0.2, 0.25) is 0 Å². The van der Waals surface area contributed by atoms with Crippen LogP contribution in [-0.4, -0.2) is 9.55 Å². The van der Waals surface area contributed by atoms with Gasteiger partial charge in [-0.2, -0.15) is 0 Å². The molecule has 3 heterocycles. The second-order valence-electron chi connectivity index (χ2n) is 4.25. The summed E-state index contributed by atoms with van der Waals surface area (Å²) < 4.78 is 3.63. The van der Waals surface area contributed by atoms with Crippen molar-refractivity contribution in [2.24, 2.45) is 7.05 Å². The van der Waals surface area contributed by atoms with E-state index in [0.29, 0.717) is 0 Å². The Balaban J connectivity index is 2.43. The first-order valence-corrected chi connectivity index (χ1v) is 6.42. The molecule has 0 fully saturated rings. The summed E-state index contributed by atoms with van der Waals surface area (Å²) in [6.45, 7) is 0. The van der Waals surface area contributed by atoms with E-state index in [1.54, 1.807) is 11.3 Å². The van der Waals surface area contributed by atoms with Crippen molar-refractivity contribution in [1.29, 1.82) is 0 Å². The van der Waals surface area contributed by atoms with E-state index in [1.807, 2.05) is 12.4 Å². The molecule has 0 amide bonds. The van der Waals surface area contributed by atoms with E-state index in [4.69, 9.17) is 0 Å². The number of thiophene rings is 1. The van der Waals surface area contributed by atoms with E-state index in [1.165, 1.54) is 31.9 Å². The van der Waals surface area contributed by atoms with Crippen LogP contribution in [0.15, 0.2) is 42.0 Å². The fourth-order valence-electron chi connectivity index (χ4n) is 2.58. The summed E-state index contributed by atoms with van der Waals surface area (Å²) in [6, 6.07) is 8.65. The van der Waals surface area contributed by atoms with Gasteiger partial charge in [0, 0.05) is 30.2 Å². The lowest BCUT2D eigenvalue weighted by Crippen LogP contribution is -1.86. The number of benzene rings is 1. The zero-order valence-corrected chi connectivity index (χ0v) is 10.2. The average Bonchev–Trinajstić information content (AvgIpc) is 2.93. The first kappa shape index (κ1) is 9.19. The smallest absolute Gasteiger partial charge is 0.0670 e. The molecule has 0 spiro atoms. The molecule has 0 aliphatic carbocycles. The number of hydrogen-bond acceptors (Lipinski definition) is 2. The summed E-state index contributed by atoms with van der Waals surface area (Å²) in [6.07, 6.45) is 3.81. The van der Waals surface area contributed by atoms with Crippen molar-refractivity contribution < 1.29 is 0 Å². The SMILES string of the molecule is Cn1c2ccncc2c2ccc3ccsc3c21. The highest BCUT2D eigenvalue weighted by Crippen LogP contribution is 2.35. The van der Waals surface area contributed by atoms with Gasteiger partial charge in [0.25, 0.3) is 0 Å². The molecular formula is C14H10N2S. The molecule has 0 saturated carbocycles. The monoisotopic (exact) mass is 238 g/mol. The summed E-state index contributed by atoms with van der Waals surface area (Å²) in [5.74, 6) is 0. The van der Waals surface area contributed by atoms with Crippen LogP contribution in [0.3, 0.4) is 0 Å². The minimum absolute atomic E-state index is 1.24. The van der Waals surface area contributed by atoms with Crippen LogP contribution in [0.4, 0.5) is 0 Å². The molecule has 0 saturated heterocycles. The molecule has 3 aromatic heterocycles. The standard InChI is InChI=1S/C14H10N2S/c1-16-12-4-6-15-8-11(12)10-3-2-9-5-7-17-14(9)13(10)16/h2-8H,1H3. The van der Waals surface area contributed by atoms with E-state index >= 15 is 0 Å². The molecule has 3 heteroatoms. The number of pyridine rings is 1. The van der Waals surface area contributed by atoms with Gasteiger partial charge in [0.15, 0.2) is 0 Å². The van der Waals surface area contributed by atoms with Crippen LogP contribution in [-0.2, 0) is 7.05 Å². The van der Waals surface area contributed by atoms with Gasteiger partial charge in [0.1, 0.15) is 0 Å². The molecule has 0 atom stereocenters. The van der Waals surface area contributed by atoms with Gasteiger partial charge in [0.05, 0.1) is 15.7 Å². The fraction of sp³-hybridized carbons (Fsp3) is 0.0714. The zero-order chi connectivity index (χ0) is 11.4. The quantitative estimate of drug-likeness (QED) is 0.453. The van der Waals surface area contributed by atoms with Gasteiger partial charge in [-0.3, -0.25) is 4.98 Å². The molecule has 0 radical (unpaired) electrons. The Morgan fingerprint density at radius 2 is 2.06 bits per heavy atom. The predicted octanol–water partition coefficient (Wildman–Crippen LogP) is 3.94. The van der Waals surface area contributed by atoms with Crippen LogP contribution in [0.1, 0.15) is 0 Å². The second-order valence-corrected chi connectivity index (χ2v) is 5.17. The van der Waals surface area contributed by atoms with Gasteiger partial charge < -0.3 is 4.57 Å². The van der Waals surface area contributed by atoms with Crippen LogP contribution < -0.4 is 0 Å². The second kappa shape index (κ2) is 3.08. The normalized spacial score (nSPS) is 11.8. The van der Waals surface area contributed by atoms with E-state index in [9.17, 15) is 0 Å². The van der Waals surface area contributed by atoms with Crippen molar-refractivity contribution in [1.82, 2.24) is 9.55 Å². The first-order chi connectivity index (χ1) is 8.36. The van der Waals surface area contributed by atoms with Crippen molar-refractivity contribution in [3.05, 3.63) is 42.0 Å². The van der Waals surface area contributed by atoms with Crippen LogP contribution >= 0.6 is 11.3 Å². The third kappa shape index (κ3) is 1.07. The van der Waals surface area contributed by atoms with Crippen molar-refractivity contribution in [3.63, 3.8) is 0 Å². The van der Waals surface area contributed by atoms with Gasteiger partial charge in [-0.15, -0.1) is 11.3 Å². The van der Waals surface area contributed by atoms with Crippen molar-refractivity contribution in [2.45, 2.75) is 0 Å². The highest BCUT2D eigenvalue weighted by molar-refractivity contribution is 7.18. The first-order valence-electron chi connectivity index (χ1n) is 5.54. The summed E-state index contributed by atoms with van der Waals surface area (Å²) in [5, 5.41) is 6.01. The van der Waals surface area contributed by atoms with Gasteiger partial charge in [-0.25, -0.2) is 0 Å². The molecule has 2 nitrogen and oxygen atoms in total. The Hall–Kier alpha value is -1.87. The molecule has 0 aliphatic heterocycles. The highest BCUT2D eigenvalue weighted by atomic mass is 32.1. The Kier molecular flexibility index (Phi) is 1.66. The fourth-order valence-corrected chi connectivity index (χ4v) is 3.56. The summed E-state index contributed by atoms with van der Waals surface area (Å²) in [5.41, 5.74) is 2.57. The van der Waals surface area contributed by atoms with Crippen LogP contribution in [0.5, 0.6) is 0 Å². The van der Waals surface area contributed by atoms with E-state index in [2.05, 4.69) is 46.2 Å². The Labute approximate surface area is 102 Å². The van der Waals surface area contributed by atoms with E-state index < -0.39 is 0 Å². The number of aromatic nitrogens is 2. The minimum atomic E-state index is 1.24. The van der Waals surface area contributed by atoms with Gasteiger partial charge in [-0.1, -0.05) is 12.1 Å². The third-order valence-corrected chi connectivity index (χ3v) is 4.32. The van der Waals surface area contributed by atoms with Crippen molar-refractivity contribution >= 4 is 43.2 Å². The third-order valence-electron chi connectivity index (χ3n) is 3.38. The largest absolute Gasteiger partial charge is 0.342 e. The highest BCUT2D eigenvalue weighted by Gasteiger charge is 2.11. The van der Waals surface area contributed by atoms with E-state index in [-0.39, 0.29) is 0 Å². The Morgan fingerprint density at radius 3 is 3.00 bits per heavy atom. The van der Waals surface area contributed by atoms with Crippen molar-refractivity contribution in [3.8, 4) is 0 Å². The summed E-state index contributed by atoms with van der Waals surface area (Å²) in [7, 11) is 2.13. The predicted molar refractivity (Wildman–Crippen MR) is 73.6 cm³/mol. The zero-order valence-electron chi connectivity index (χ0n) is 9.34. The lowest BCUT2D eigenvalue weighted by molar-refractivity contribution is 1.02. The molecule has 1 aromatic carbocycles. The van der Waals surface area contributed by atoms with Crippen LogP contribution in [0, 0.1) is 0 Å². The number of nitrogens with zero attached hydrogens (tertiary/aromatic N) is 2. The lowest BCUT2D eigenvalue weighted by Gasteiger charge is -1.98. The number of hydrogen-bond donors (Lipinski definition) is 0. The maximum Gasteiger partial charge on any atom is 0.0670 e. The molecule has 4 rings (SSSR count). The van der Waals surface area contributed by atoms with Crippen LogP contribution in [0.25, 0.3) is 31.9 Å². The molecule has 0 aliphatic rings. The van der Waals surface area contributed by atoms with Crippen molar-refractivity contribution in [2.75, 3.05) is 0 Å². The number of rotatable bonds is 0. The van der Waals surface area contributed by atoms with Gasteiger partial charge >= 0.3 is 0 Å². The average molecular weight is 238 g/mol. The molecule has 82 valence electrons. The molecule has 0 bridgehead atoms. The Bertz CT molecular complexity index is 854. The maximum absolute atomic E-state index is 4.23. The number of fused-ring (bicyclic) bond motifs is 5. The summed E-state index contributed by atoms with van der Waals surface area (Å²) in [4.78, 5) is 4.23. The summed E-state index contributed by atoms with van der Waals surface area (Å²) >= 11 is 1.80. The molecule has 17 heavy (non-hydrogen) atoms. The molecule has 0 unspecified atom stereocenters.